The number of hydrogen-bond acceptors (Lipinski definition) is 0. The predicted octanol–water partition coefficient (Wildman–Crippen LogP) is -3.62. The molecule has 0 aliphatic heterocycles. The Bertz CT molecular complexity index is 27.0. The van der Waals surface area contributed by atoms with Crippen LogP contribution in [0.4, 0.5) is 0 Å². The smallest absolute Gasteiger partial charge is 1.00 e. The van der Waals surface area contributed by atoms with Gasteiger partial charge in [0.2, 0.25) is 0 Å². The molecule has 8 N–H and O–H groups in total. The van der Waals surface area contributed by atoms with E-state index >= 15 is 0 Å². The fraction of sp³-hybridized carbons (Fsp3) is 0. The Morgan fingerprint density at radius 1 is 0.750 bits per heavy atom. The molecule has 46 valence electrons. The van der Waals surface area contributed by atoms with Crippen LogP contribution >= 0.6 is 0 Å². The molecule has 4 nitrogen and oxygen atoms in total. The first-order chi connectivity index (χ1) is 0. The third kappa shape index (κ3) is 55.8. The molecule has 0 aromatic carbocycles. The van der Waals surface area contributed by atoms with Crippen molar-refractivity contribution >= 4 is 71.9 Å². The van der Waals surface area contributed by atoms with Gasteiger partial charge in [-0.1, -0.05) is 0 Å². The van der Waals surface area contributed by atoms with Crippen LogP contribution in [-0.4, -0.2) is 93.8 Å². The minimum absolute atomic E-state index is 0. The third-order valence-corrected chi connectivity index (χ3v) is 0. The van der Waals surface area contributed by atoms with E-state index in [0.29, 0.717) is 0 Å². The maximum Gasteiger partial charge on any atom is 2.00 e. The second kappa shape index (κ2) is 77.0. The SMILES string of the molecule is O.O.O.O.[Ba+2].[H-].[H-].[H-].[H-].[Mg+2].[Ti].[Zn]. The Labute approximate surface area is 138 Å². The van der Waals surface area contributed by atoms with E-state index in [1.165, 1.54) is 0 Å². The van der Waals surface area contributed by atoms with Crippen molar-refractivity contribution in [2.45, 2.75) is 0 Å². The molecule has 0 atom stereocenters. The largest absolute Gasteiger partial charge is 2.00 e. The van der Waals surface area contributed by atoms with Crippen molar-refractivity contribution in [1.82, 2.24) is 0 Å². The summed E-state index contributed by atoms with van der Waals surface area (Å²) >= 11 is 0. The summed E-state index contributed by atoms with van der Waals surface area (Å²) in [5.74, 6) is 0. The van der Waals surface area contributed by atoms with Gasteiger partial charge in [-0.05, 0) is 0 Å². The summed E-state index contributed by atoms with van der Waals surface area (Å²) in [5, 5.41) is 0. The van der Waals surface area contributed by atoms with Gasteiger partial charge in [0.25, 0.3) is 0 Å². The Kier molecular flexibility index (Phi) is 992. The first-order valence-corrected chi connectivity index (χ1v) is 0. The van der Waals surface area contributed by atoms with Gasteiger partial charge in [-0.15, -0.1) is 0 Å². The molecule has 0 spiro atoms. The van der Waals surface area contributed by atoms with Gasteiger partial charge in [0.15, 0.2) is 0 Å². The Hall–Kier alpha value is 3.52. The molecule has 0 heterocycles. The molecule has 0 radical (unpaired) electrons. The zero-order valence-corrected chi connectivity index (χ0v) is 15.0. The van der Waals surface area contributed by atoms with Gasteiger partial charge >= 0.3 is 71.9 Å². The second-order valence-electron chi connectivity index (χ2n) is 0. The molecule has 8 heavy (non-hydrogen) atoms. The number of hydrogen-bond donors (Lipinski definition) is 0. The summed E-state index contributed by atoms with van der Waals surface area (Å²) in [4.78, 5) is 0. The van der Waals surface area contributed by atoms with Crippen LogP contribution in [0.2, 0.25) is 0 Å². The quantitative estimate of drug-likeness (QED) is 0.400. The van der Waals surface area contributed by atoms with Gasteiger partial charge in [0.05, 0.1) is 0 Å². The Balaban J connectivity index is 0. The first kappa shape index (κ1) is 103. The van der Waals surface area contributed by atoms with Crippen LogP contribution in [0, 0.1) is 0 Å². The van der Waals surface area contributed by atoms with Crippen molar-refractivity contribution in [3.63, 3.8) is 0 Å². The fourth-order valence-electron chi connectivity index (χ4n) is 0. The van der Waals surface area contributed by atoms with Gasteiger partial charge in [0.1, 0.15) is 0 Å². The summed E-state index contributed by atoms with van der Waals surface area (Å²) in [6.07, 6.45) is 0. The van der Waals surface area contributed by atoms with Crippen LogP contribution in [0.1, 0.15) is 5.71 Å². The molecule has 0 amide bonds. The van der Waals surface area contributed by atoms with E-state index in [9.17, 15) is 0 Å². The van der Waals surface area contributed by atoms with Crippen molar-refractivity contribution in [3.05, 3.63) is 0 Å². The fourth-order valence-corrected chi connectivity index (χ4v) is 0. The van der Waals surface area contributed by atoms with Crippen LogP contribution in [0.25, 0.3) is 0 Å². The molecule has 0 saturated carbocycles. The minimum atomic E-state index is 0. The van der Waals surface area contributed by atoms with Gasteiger partial charge in [-0.3, -0.25) is 0 Å². The van der Waals surface area contributed by atoms with Crippen LogP contribution in [0.3, 0.4) is 0 Å². The zero-order valence-electron chi connectivity index (χ0n) is 8.62. The van der Waals surface area contributed by atoms with Crippen molar-refractivity contribution in [2.24, 2.45) is 0 Å². The summed E-state index contributed by atoms with van der Waals surface area (Å²) < 4.78 is 0. The van der Waals surface area contributed by atoms with E-state index in [-0.39, 0.29) is 141 Å². The van der Waals surface area contributed by atoms with E-state index in [2.05, 4.69) is 0 Å². The Morgan fingerprint density at radius 2 is 0.750 bits per heavy atom. The van der Waals surface area contributed by atoms with E-state index in [0.717, 1.165) is 0 Å². The monoisotopic (exact) mass is 350 g/mol. The molecular formula is H12BaMgO4TiZn. The maximum absolute atomic E-state index is 0. The normalized spacial score (nSPS) is 0. The van der Waals surface area contributed by atoms with E-state index in [1.54, 1.807) is 0 Å². The minimum Gasteiger partial charge on any atom is -1.00 e. The zero-order chi connectivity index (χ0) is 0. The van der Waals surface area contributed by atoms with Gasteiger partial charge in [-0.25, -0.2) is 0 Å². The average Bonchev–Trinajstić information content (AvgIpc) is 0. The van der Waals surface area contributed by atoms with E-state index in [1.807, 2.05) is 0 Å². The van der Waals surface area contributed by atoms with Crippen LogP contribution < -0.4 is 0 Å². The molecule has 0 aliphatic rings. The molecule has 0 saturated heterocycles. The maximum atomic E-state index is 0. The van der Waals surface area contributed by atoms with Crippen LogP contribution in [-0.2, 0) is 41.2 Å². The van der Waals surface area contributed by atoms with Crippen LogP contribution in [0.15, 0.2) is 0 Å². The molecule has 0 aromatic heterocycles. The van der Waals surface area contributed by atoms with Crippen molar-refractivity contribution in [1.29, 1.82) is 0 Å². The predicted molar refractivity (Wildman–Crippen MR) is 30.4 cm³/mol. The molecule has 8 heteroatoms. The van der Waals surface area contributed by atoms with Crippen molar-refractivity contribution in [3.8, 4) is 0 Å². The summed E-state index contributed by atoms with van der Waals surface area (Å²) in [7, 11) is 0. The van der Waals surface area contributed by atoms with E-state index < -0.39 is 0 Å². The number of rotatable bonds is 0. The third-order valence-electron chi connectivity index (χ3n) is 0. The molecule has 0 unspecified atom stereocenters. The average molecular weight is 351 g/mol. The second-order valence-corrected chi connectivity index (χ2v) is 0. The van der Waals surface area contributed by atoms with Crippen molar-refractivity contribution in [2.75, 3.05) is 0 Å². The molecule has 0 aliphatic carbocycles. The van der Waals surface area contributed by atoms with Crippen LogP contribution in [0.5, 0.6) is 0 Å². The standard InChI is InChI=1S/Ba.Mg.4H2O.Ti.Zn.4H/h;;4*1H2;;;;;;/q2*+2;;;;;;;4*-1. The van der Waals surface area contributed by atoms with Crippen molar-refractivity contribution < 1.29 is 68.8 Å². The van der Waals surface area contributed by atoms with Gasteiger partial charge in [0, 0.05) is 41.2 Å². The molecule has 0 rings (SSSR count). The summed E-state index contributed by atoms with van der Waals surface area (Å²) in [6, 6.07) is 0. The Morgan fingerprint density at radius 3 is 0.750 bits per heavy atom. The first-order valence-electron chi connectivity index (χ1n) is 0. The topological polar surface area (TPSA) is 126 Å². The van der Waals surface area contributed by atoms with Gasteiger partial charge < -0.3 is 27.6 Å². The molecular weight excluding hydrogens is 339 g/mol. The molecule has 0 fully saturated rings. The van der Waals surface area contributed by atoms with Gasteiger partial charge in [-0.2, -0.15) is 0 Å². The summed E-state index contributed by atoms with van der Waals surface area (Å²) in [5.41, 5.74) is 0. The molecule has 0 aromatic rings. The summed E-state index contributed by atoms with van der Waals surface area (Å²) in [6.45, 7) is 0. The van der Waals surface area contributed by atoms with E-state index in [4.69, 9.17) is 0 Å². The molecule has 0 bridgehead atoms.